The van der Waals surface area contributed by atoms with Crippen LogP contribution in [0, 0.1) is 23.7 Å². The van der Waals surface area contributed by atoms with Gasteiger partial charge in [0.25, 0.3) is 0 Å². The van der Waals surface area contributed by atoms with Crippen molar-refractivity contribution in [1.29, 1.82) is 0 Å². The van der Waals surface area contributed by atoms with E-state index in [-0.39, 0.29) is 5.79 Å². The summed E-state index contributed by atoms with van der Waals surface area (Å²) < 4.78 is 12.0. The Hall–Kier alpha value is -0.340. The molecule has 3 aliphatic carbocycles. The third-order valence-corrected chi connectivity index (χ3v) is 4.97. The fraction of sp³-hybridized carbons (Fsp3) is 0.846. The quantitative estimate of drug-likeness (QED) is 0.566. The number of rotatable bonds is 0. The zero-order valence-electron chi connectivity index (χ0n) is 9.02. The minimum Gasteiger partial charge on any atom is -0.347 e. The van der Waals surface area contributed by atoms with Crippen LogP contribution in [-0.2, 0) is 9.47 Å². The Bertz CT molecular complexity index is 304. The lowest BCUT2D eigenvalue weighted by atomic mass is 9.69. The number of allylic oxidation sites excluding steroid dienone is 2. The summed E-state index contributed by atoms with van der Waals surface area (Å²) in [7, 11) is 0. The third-order valence-electron chi connectivity index (χ3n) is 4.97. The average molecular weight is 206 g/mol. The van der Waals surface area contributed by atoms with Gasteiger partial charge in [0.05, 0.1) is 13.2 Å². The second kappa shape index (κ2) is 2.86. The molecule has 3 fully saturated rings. The van der Waals surface area contributed by atoms with Gasteiger partial charge in [0, 0.05) is 12.3 Å². The van der Waals surface area contributed by atoms with Gasteiger partial charge < -0.3 is 9.47 Å². The fourth-order valence-corrected chi connectivity index (χ4v) is 4.53. The van der Waals surface area contributed by atoms with Gasteiger partial charge in [-0.2, -0.15) is 0 Å². The first-order chi connectivity index (χ1) is 7.39. The van der Waals surface area contributed by atoms with E-state index in [0.29, 0.717) is 5.92 Å². The molecule has 1 spiro atoms. The van der Waals surface area contributed by atoms with Crippen molar-refractivity contribution in [2.24, 2.45) is 23.7 Å². The van der Waals surface area contributed by atoms with E-state index in [4.69, 9.17) is 9.47 Å². The lowest BCUT2D eigenvalue weighted by Gasteiger charge is -2.45. The van der Waals surface area contributed by atoms with Gasteiger partial charge >= 0.3 is 0 Å². The Kier molecular flexibility index (Phi) is 1.67. The lowest BCUT2D eigenvalue weighted by Crippen LogP contribution is -2.47. The molecule has 1 heterocycles. The summed E-state index contributed by atoms with van der Waals surface area (Å²) in [6.07, 6.45) is 10.0. The molecule has 0 N–H and O–H groups in total. The molecule has 4 atom stereocenters. The summed E-state index contributed by atoms with van der Waals surface area (Å²) in [5, 5.41) is 0. The molecule has 4 aliphatic rings. The Labute approximate surface area is 90.6 Å². The van der Waals surface area contributed by atoms with Gasteiger partial charge in [-0.25, -0.2) is 0 Å². The van der Waals surface area contributed by atoms with E-state index in [9.17, 15) is 0 Å². The van der Waals surface area contributed by atoms with Crippen LogP contribution in [0.25, 0.3) is 0 Å². The zero-order chi connectivity index (χ0) is 9.88. The largest absolute Gasteiger partial charge is 0.347 e. The van der Waals surface area contributed by atoms with Gasteiger partial charge in [0.2, 0.25) is 0 Å². The molecule has 2 saturated carbocycles. The molecule has 4 rings (SSSR count). The molecule has 0 aromatic heterocycles. The van der Waals surface area contributed by atoms with E-state index in [0.717, 1.165) is 37.4 Å². The zero-order valence-corrected chi connectivity index (χ0v) is 9.02. The number of fused-ring (bicyclic) bond motifs is 6. The van der Waals surface area contributed by atoms with Crippen molar-refractivity contribution in [3.05, 3.63) is 12.2 Å². The molecule has 2 bridgehead atoms. The number of hydrogen-bond acceptors (Lipinski definition) is 2. The molecule has 0 amide bonds. The van der Waals surface area contributed by atoms with Crippen LogP contribution in [0.2, 0.25) is 0 Å². The molecule has 0 radical (unpaired) electrons. The molecular weight excluding hydrogens is 188 g/mol. The average Bonchev–Trinajstić information content (AvgIpc) is 2.93. The second-order valence-electron chi connectivity index (χ2n) is 5.54. The van der Waals surface area contributed by atoms with Crippen molar-refractivity contribution in [2.75, 3.05) is 13.2 Å². The van der Waals surface area contributed by atoms with Crippen LogP contribution < -0.4 is 0 Å². The second-order valence-corrected chi connectivity index (χ2v) is 5.54. The maximum Gasteiger partial charge on any atom is 0.172 e. The number of ether oxygens (including phenoxy) is 2. The molecule has 82 valence electrons. The van der Waals surface area contributed by atoms with Crippen molar-refractivity contribution in [3.8, 4) is 0 Å². The highest BCUT2D eigenvalue weighted by Gasteiger charge is 2.58. The topological polar surface area (TPSA) is 18.5 Å². The van der Waals surface area contributed by atoms with Gasteiger partial charge in [-0.3, -0.25) is 0 Å². The Morgan fingerprint density at radius 3 is 2.73 bits per heavy atom. The summed E-state index contributed by atoms with van der Waals surface area (Å²) in [6, 6.07) is 0. The SMILES string of the molecule is C1=CC2CC1C1CCCC3(OCCO3)C21. The van der Waals surface area contributed by atoms with Crippen LogP contribution in [0.4, 0.5) is 0 Å². The monoisotopic (exact) mass is 206 g/mol. The van der Waals surface area contributed by atoms with Crippen molar-refractivity contribution >= 4 is 0 Å². The molecule has 0 aromatic rings. The highest BCUT2D eigenvalue weighted by Crippen LogP contribution is 2.59. The fourth-order valence-electron chi connectivity index (χ4n) is 4.53. The Morgan fingerprint density at radius 1 is 1.07 bits per heavy atom. The minimum absolute atomic E-state index is 0.174. The van der Waals surface area contributed by atoms with Gasteiger partial charge in [-0.05, 0) is 37.0 Å². The van der Waals surface area contributed by atoms with Crippen molar-refractivity contribution < 1.29 is 9.47 Å². The van der Waals surface area contributed by atoms with E-state index in [1.54, 1.807) is 0 Å². The highest BCUT2D eigenvalue weighted by atomic mass is 16.7. The van der Waals surface area contributed by atoms with Gasteiger partial charge in [-0.15, -0.1) is 0 Å². The third kappa shape index (κ3) is 1.02. The van der Waals surface area contributed by atoms with Crippen LogP contribution in [0.3, 0.4) is 0 Å². The summed E-state index contributed by atoms with van der Waals surface area (Å²) >= 11 is 0. The molecule has 4 unspecified atom stereocenters. The molecule has 1 aliphatic heterocycles. The summed E-state index contributed by atoms with van der Waals surface area (Å²) in [4.78, 5) is 0. The first-order valence-electron chi connectivity index (χ1n) is 6.35. The summed E-state index contributed by atoms with van der Waals surface area (Å²) in [5.74, 6) is 2.94. The standard InChI is InChI=1S/C13H18O2/c1-2-11-9-3-4-10(8-9)12(11)13(5-1)14-6-7-15-13/h3-4,9-12H,1-2,5-8H2. The van der Waals surface area contributed by atoms with E-state index < -0.39 is 0 Å². The Morgan fingerprint density at radius 2 is 1.87 bits per heavy atom. The summed E-state index contributed by atoms with van der Waals surface area (Å²) in [5.41, 5.74) is 0. The first-order valence-corrected chi connectivity index (χ1v) is 6.35. The van der Waals surface area contributed by atoms with Crippen molar-refractivity contribution in [3.63, 3.8) is 0 Å². The summed E-state index contributed by atoms with van der Waals surface area (Å²) in [6.45, 7) is 1.62. The molecular formula is C13H18O2. The molecule has 2 nitrogen and oxygen atoms in total. The maximum atomic E-state index is 5.99. The van der Waals surface area contributed by atoms with E-state index in [1.165, 1.54) is 19.3 Å². The molecule has 2 heteroatoms. The van der Waals surface area contributed by atoms with Gasteiger partial charge in [0.15, 0.2) is 5.79 Å². The van der Waals surface area contributed by atoms with E-state index in [2.05, 4.69) is 12.2 Å². The van der Waals surface area contributed by atoms with Gasteiger partial charge in [0.1, 0.15) is 0 Å². The maximum absolute atomic E-state index is 5.99. The van der Waals surface area contributed by atoms with Crippen LogP contribution >= 0.6 is 0 Å². The van der Waals surface area contributed by atoms with Crippen LogP contribution in [0.15, 0.2) is 12.2 Å². The molecule has 0 aromatic carbocycles. The lowest BCUT2D eigenvalue weighted by molar-refractivity contribution is -0.228. The van der Waals surface area contributed by atoms with Gasteiger partial charge in [-0.1, -0.05) is 12.2 Å². The van der Waals surface area contributed by atoms with Crippen LogP contribution in [0.1, 0.15) is 25.7 Å². The first kappa shape index (κ1) is 8.77. The minimum atomic E-state index is -0.174. The normalized spacial score (nSPS) is 50.1. The number of hydrogen-bond donors (Lipinski definition) is 0. The van der Waals surface area contributed by atoms with E-state index in [1.807, 2.05) is 0 Å². The van der Waals surface area contributed by atoms with Crippen LogP contribution in [0.5, 0.6) is 0 Å². The van der Waals surface area contributed by atoms with Crippen molar-refractivity contribution in [2.45, 2.75) is 31.5 Å². The molecule has 1 saturated heterocycles. The smallest absolute Gasteiger partial charge is 0.172 e. The highest BCUT2D eigenvalue weighted by molar-refractivity contribution is 5.17. The predicted molar refractivity (Wildman–Crippen MR) is 56.2 cm³/mol. The van der Waals surface area contributed by atoms with E-state index >= 15 is 0 Å². The molecule has 15 heavy (non-hydrogen) atoms. The predicted octanol–water partition coefficient (Wildman–Crippen LogP) is 2.35. The Balaban J connectivity index is 1.73. The van der Waals surface area contributed by atoms with Crippen molar-refractivity contribution in [1.82, 2.24) is 0 Å². The van der Waals surface area contributed by atoms with Crippen LogP contribution in [-0.4, -0.2) is 19.0 Å².